The highest BCUT2D eigenvalue weighted by molar-refractivity contribution is 7.15. The molecule has 0 saturated carbocycles. The van der Waals surface area contributed by atoms with Crippen LogP contribution in [-0.2, 0) is 0 Å². The van der Waals surface area contributed by atoms with Crippen molar-refractivity contribution in [1.82, 2.24) is 35.1 Å². The van der Waals surface area contributed by atoms with Crippen LogP contribution < -0.4 is 0 Å². The lowest BCUT2D eigenvalue weighted by molar-refractivity contribution is 1.11. The summed E-state index contributed by atoms with van der Waals surface area (Å²) in [5, 5.41) is 9.73. The number of aryl methyl sites for hydroxylation is 1. The third kappa shape index (κ3) is 2.69. The summed E-state index contributed by atoms with van der Waals surface area (Å²) in [4.78, 5) is 23.4. The molecule has 144 valence electrons. The van der Waals surface area contributed by atoms with Gasteiger partial charge in [-0.3, -0.25) is 25.0 Å². The second-order valence-electron chi connectivity index (χ2n) is 7.02. The van der Waals surface area contributed by atoms with Gasteiger partial charge in [0.05, 0.1) is 41.0 Å². The highest BCUT2D eigenvalue weighted by Crippen LogP contribution is 2.36. The van der Waals surface area contributed by atoms with Crippen LogP contribution in [0.2, 0.25) is 0 Å². The lowest BCUT2D eigenvalue weighted by atomic mass is 10.1. The first-order chi connectivity index (χ1) is 14.8. The Morgan fingerprint density at radius 3 is 2.63 bits per heavy atom. The molecule has 0 aliphatic heterocycles. The van der Waals surface area contributed by atoms with Crippen molar-refractivity contribution in [3.8, 4) is 33.2 Å². The molecule has 0 radical (unpaired) electrons. The smallest absolute Gasteiger partial charge is 0.116 e. The fraction of sp³-hybridized carbons (Fsp3) is 0.0455. The molecule has 2 N–H and O–H groups in total. The number of pyridine rings is 2. The molecular formula is C22H15N7S. The van der Waals surface area contributed by atoms with Gasteiger partial charge >= 0.3 is 0 Å². The molecule has 6 aromatic rings. The zero-order valence-electron chi connectivity index (χ0n) is 15.9. The number of rotatable bonds is 3. The van der Waals surface area contributed by atoms with Crippen molar-refractivity contribution < 1.29 is 0 Å². The number of hydrogen-bond donors (Lipinski definition) is 2. The number of fused-ring (bicyclic) bond motifs is 2. The van der Waals surface area contributed by atoms with E-state index in [2.05, 4.69) is 60.2 Å². The lowest BCUT2D eigenvalue weighted by Crippen LogP contribution is -1.88. The first-order valence-corrected chi connectivity index (χ1v) is 10.2. The molecule has 0 fully saturated rings. The summed E-state index contributed by atoms with van der Waals surface area (Å²) in [5.41, 5.74) is 6.21. The molecule has 7 nitrogen and oxygen atoms in total. The van der Waals surface area contributed by atoms with E-state index in [0.717, 1.165) is 50.1 Å². The molecule has 0 saturated heterocycles. The van der Waals surface area contributed by atoms with Gasteiger partial charge in [-0.2, -0.15) is 5.10 Å². The second kappa shape index (κ2) is 6.57. The Kier molecular flexibility index (Phi) is 3.72. The van der Waals surface area contributed by atoms with Gasteiger partial charge in [0.2, 0.25) is 0 Å². The van der Waals surface area contributed by atoms with Crippen LogP contribution in [0.5, 0.6) is 0 Å². The van der Waals surface area contributed by atoms with E-state index in [4.69, 9.17) is 0 Å². The van der Waals surface area contributed by atoms with E-state index in [1.807, 2.05) is 18.5 Å². The van der Waals surface area contributed by atoms with Crippen LogP contribution in [0.25, 0.3) is 55.0 Å². The van der Waals surface area contributed by atoms with Gasteiger partial charge in [0, 0.05) is 44.7 Å². The molecule has 0 spiro atoms. The average molecular weight is 409 g/mol. The number of aromatic amines is 2. The van der Waals surface area contributed by atoms with Crippen LogP contribution in [-0.4, -0.2) is 35.1 Å². The van der Waals surface area contributed by atoms with E-state index in [1.54, 1.807) is 36.1 Å². The van der Waals surface area contributed by atoms with Crippen molar-refractivity contribution in [2.75, 3.05) is 0 Å². The fourth-order valence-electron chi connectivity index (χ4n) is 3.65. The zero-order chi connectivity index (χ0) is 20.1. The second-order valence-corrected chi connectivity index (χ2v) is 8.31. The summed E-state index contributed by atoms with van der Waals surface area (Å²) in [6.07, 6.45) is 10.6. The molecule has 6 heterocycles. The predicted octanol–water partition coefficient (Wildman–Crippen LogP) is 5.00. The Morgan fingerprint density at radius 1 is 0.833 bits per heavy atom. The minimum Gasteiger partial charge on any atom is -0.352 e. The highest BCUT2D eigenvalue weighted by Gasteiger charge is 2.15. The van der Waals surface area contributed by atoms with Crippen molar-refractivity contribution in [1.29, 1.82) is 0 Å². The molecule has 0 bridgehead atoms. The molecule has 0 unspecified atom stereocenters. The van der Waals surface area contributed by atoms with E-state index in [-0.39, 0.29) is 0 Å². The van der Waals surface area contributed by atoms with Gasteiger partial charge in [-0.1, -0.05) is 0 Å². The predicted molar refractivity (Wildman–Crippen MR) is 118 cm³/mol. The van der Waals surface area contributed by atoms with Gasteiger partial charge < -0.3 is 4.98 Å². The standard InChI is InChI=1S/C22H15N7S/c1-12-2-3-21(30-12)15-8-24-9-18-13(15)6-17(27-18)22-14-7-16(20-10-23-4-5-25-20)26-11-19(14)28-29-22/h2-11,27H,1H3,(H,28,29). The molecule has 0 aliphatic carbocycles. The lowest BCUT2D eigenvalue weighted by Gasteiger charge is -1.99. The Labute approximate surface area is 174 Å². The van der Waals surface area contributed by atoms with Gasteiger partial charge in [0.15, 0.2) is 0 Å². The molecular weight excluding hydrogens is 394 g/mol. The van der Waals surface area contributed by atoms with Crippen molar-refractivity contribution in [2.24, 2.45) is 0 Å². The number of thiophene rings is 1. The summed E-state index contributed by atoms with van der Waals surface area (Å²) in [5.74, 6) is 0. The van der Waals surface area contributed by atoms with E-state index < -0.39 is 0 Å². The molecule has 0 amide bonds. The fourth-order valence-corrected chi connectivity index (χ4v) is 4.54. The first kappa shape index (κ1) is 17.0. The van der Waals surface area contributed by atoms with Gasteiger partial charge in [0.1, 0.15) is 11.4 Å². The Morgan fingerprint density at radius 2 is 1.80 bits per heavy atom. The van der Waals surface area contributed by atoms with E-state index >= 15 is 0 Å². The summed E-state index contributed by atoms with van der Waals surface area (Å²) in [7, 11) is 0. The van der Waals surface area contributed by atoms with Gasteiger partial charge in [0.25, 0.3) is 0 Å². The van der Waals surface area contributed by atoms with Crippen LogP contribution in [0.4, 0.5) is 0 Å². The van der Waals surface area contributed by atoms with Crippen molar-refractivity contribution in [3.05, 3.63) is 66.3 Å². The monoisotopic (exact) mass is 409 g/mol. The Hall–Kier alpha value is -3.91. The number of nitrogens with zero attached hydrogens (tertiary/aromatic N) is 5. The molecule has 0 aliphatic rings. The summed E-state index contributed by atoms with van der Waals surface area (Å²) >= 11 is 1.77. The normalized spacial score (nSPS) is 11.5. The van der Waals surface area contributed by atoms with E-state index in [0.29, 0.717) is 0 Å². The first-order valence-electron chi connectivity index (χ1n) is 9.41. The zero-order valence-corrected chi connectivity index (χ0v) is 16.7. The molecule has 30 heavy (non-hydrogen) atoms. The van der Waals surface area contributed by atoms with E-state index in [9.17, 15) is 0 Å². The van der Waals surface area contributed by atoms with Gasteiger partial charge in [-0.05, 0) is 31.2 Å². The molecule has 6 aromatic heterocycles. The van der Waals surface area contributed by atoms with Crippen molar-refractivity contribution in [2.45, 2.75) is 6.92 Å². The third-order valence-corrected chi connectivity index (χ3v) is 6.11. The molecule has 0 atom stereocenters. The van der Waals surface area contributed by atoms with Crippen LogP contribution >= 0.6 is 11.3 Å². The largest absolute Gasteiger partial charge is 0.352 e. The maximum atomic E-state index is 4.55. The van der Waals surface area contributed by atoms with Crippen LogP contribution in [0.3, 0.4) is 0 Å². The number of aromatic nitrogens is 7. The summed E-state index contributed by atoms with van der Waals surface area (Å²) in [6, 6.07) is 8.41. The van der Waals surface area contributed by atoms with Crippen LogP contribution in [0.15, 0.2) is 61.4 Å². The average Bonchev–Trinajstić information content (AvgIpc) is 3.51. The minimum absolute atomic E-state index is 0.725. The van der Waals surface area contributed by atoms with Crippen molar-refractivity contribution in [3.63, 3.8) is 0 Å². The Bertz CT molecular complexity index is 1510. The SMILES string of the molecule is Cc1ccc(-c2cncc3[nH]c(-c4n[nH]c5cnc(-c6cnccn6)cc45)cc23)s1. The Balaban J connectivity index is 1.52. The maximum Gasteiger partial charge on any atom is 0.116 e. The van der Waals surface area contributed by atoms with Crippen LogP contribution in [0, 0.1) is 6.92 Å². The number of H-pyrrole nitrogens is 2. The number of nitrogens with one attached hydrogen (secondary N) is 2. The van der Waals surface area contributed by atoms with E-state index in [1.165, 1.54) is 9.75 Å². The highest BCUT2D eigenvalue weighted by atomic mass is 32.1. The third-order valence-electron chi connectivity index (χ3n) is 5.08. The minimum atomic E-state index is 0.725. The summed E-state index contributed by atoms with van der Waals surface area (Å²) in [6.45, 7) is 2.11. The molecule has 8 heteroatoms. The van der Waals surface area contributed by atoms with Crippen LogP contribution in [0.1, 0.15) is 4.88 Å². The molecule has 6 rings (SSSR count). The quantitative estimate of drug-likeness (QED) is 0.429. The molecule has 0 aromatic carbocycles. The van der Waals surface area contributed by atoms with Gasteiger partial charge in [-0.25, -0.2) is 0 Å². The topological polar surface area (TPSA) is 96.0 Å². The maximum absolute atomic E-state index is 4.55. The van der Waals surface area contributed by atoms with Gasteiger partial charge in [-0.15, -0.1) is 11.3 Å². The van der Waals surface area contributed by atoms with Crippen molar-refractivity contribution >= 4 is 33.1 Å². The summed E-state index contributed by atoms with van der Waals surface area (Å²) < 4.78 is 0. The number of hydrogen-bond acceptors (Lipinski definition) is 6.